The molecule has 0 fully saturated rings. The standard InChI is InChI=1S/C26H21Cl3N4O3/c1-13(34)21-23(31-26(36)32(2)3)19-12-18(14-5-7-15(27)8-6-14)22(30-24(19)33(4)25(21)35)17-10-9-16(28)11-20(17)29/h5-12H,1-4H3,(H,31,36). The van der Waals surface area contributed by atoms with Gasteiger partial charge in [0.05, 0.1) is 16.4 Å². The zero-order valence-electron chi connectivity index (χ0n) is 19.8. The number of aryl methyl sites for hydroxylation is 1. The van der Waals surface area contributed by atoms with Crippen LogP contribution in [0.1, 0.15) is 17.3 Å². The second-order valence-electron chi connectivity index (χ2n) is 8.38. The van der Waals surface area contributed by atoms with Crippen LogP contribution in [0.15, 0.2) is 53.3 Å². The summed E-state index contributed by atoms with van der Waals surface area (Å²) in [7, 11) is 4.64. The minimum Gasteiger partial charge on any atom is -0.331 e. The number of urea groups is 1. The van der Waals surface area contributed by atoms with Crippen LogP contribution in [0.25, 0.3) is 33.4 Å². The highest BCUT2D eigenvalue weighted by atomic mass is 35.5. The Kier molecular flexibility index (Phi) is 7.09. The molecule has 184 valence electrons. The number of rotatable bonds is 4. The highest BCUT2D eigenvalue weighted by molar-refractivity contribution is 6.36. The Bertz CT molecular complexity index is 1600. The first kappa shape index (κ1) is 25.7. The van der Waals surface area contributed by atoms with E-state index < -0.39 is 17.4 Å². The summed E-state index contributed by atoms with van der Waals surface area (Å²) in [5, 5.41) is 4.52. The summed E-state index contributed by atoms with van der Waals surface area (Å²) < 4.78 is 1.29. The third-order valence-corrected chi connectivity index (χ3v) is 6.49. The number of anilines is 1. The monoisotopic (exact) mass is 542 g/mol. The van der Waals surface area contributed by atoms with E-state index in [1.807, 2.05) is 12.1 Å². The average Bonchev–Trinajstić information content (AvgIpc) is 2.82. The topological polar surface area (TPSA) is 84.3 Å². The largest absolute Gasteiger partial charge is 0.331 e. The van der Waals surface area contributed by atoms with E-state index in [1.165, 1.54) is 23.4 Å². The van der Waals surface area contributed by atoms with Gasteiger partial charge in [0.2, 0.25) is 0 Å². The lowest BCUT2D eigenvalue weighted by atomic mass is 9.96. The second kappa shape index (κ2) is 9.93. The van der Waals surface area contributed by atoms with Crippen LogP contribution in [0, 0.1) is 0 Å². The lowest BCUT2D eigenvalue weighted by Gasteiger charge is -2.20. The SMILES string of the molecule is CC(=O)c1c(NC(=O)N(C)C)c2cc(-c3ccc(Cl)cc3)c(-c3ccc(Cl)cc3Cl)nc2n(C)c1=O. The molecule has 0 saturated carbocycles. The number of Topliss-reactive ketones (excluding diaryl/α,β-unsaturated/α-hetero) is 1. The quantitative estimate of drug-likeness (QED) is 0.297. The van der Waals surface area contributed by atoms with Gasteiger partial charge in [-0.2, -0.15) is 0 Å². The summed E-state index contributed by atoms with van der Waals surface area (Å²) in [5.74, 6) is -0.482. The normalized spacial score (nSPS) is 11.0. The summed E-state index contributed by atoms with van der Waals surface area (Å²) in [4.78, 5) is 44.5. The van der Waals surface area contributed by atoms with Crippen LogP contribution in [-0.2, 0) is 7.05 Å². The molecular weight excluding hydrogens is 523 g/mol. The number of ketones is 1. The highest BCUT2D eigenvalue weighted by Crippen LogP contribution is 2.39. The van der Waals surface area contributed by atoms with E-state index in [9.17, 15) is 14.4 Å². The molecule has 0 unspecified atom stereocenters. The third-order valence-electron chi connectivity index (χ3n) is 5.69. The Morgan fingerprint density at radius 3 is 2.17 bits per heavy atom. The van der Waals surface area contributed by atoms with E-state index in [4.69, 9.17) is 39.8 Å². The van der Waals surface area contributed by atoms with Crippen molar-refractivity contribution in [2.45, 2.75) is 6.92 Å². The van der Waals surface area contributed by atoms with Crippen molar-refractivity contribution < 1.29 is 9.59 Å². The van der Waals surface area contributed by atoms with E-state index in [2.05, 4.69) is 5.32 Å². The molecule has 2 aromatic heterocycles. The molecule has 1 N–H and O–H groups in total. The number of benzene rings is 2. The molecule has 2 aromatic carbocycles. The summed E-state index contributed by atoms with van der Waals surface area (Å²) in [6, 6.07) is 13.5. The molecule has 0 bridgehead atoms. The Morgan fingerprint density at radius 2 is 1.58 bits per heavy atom. The molecule has 0 aliphatic heterocycles. The molecule has 36 heavy (non-hydrogen) atoms. The maximum atomic E-state index is 13.2. The fourth-order valence-electron chi connectivity index (χ4n) is 3.86. The molecule has 0 spiro atoms. The van der Waals surface area contributed by atoms with Crippen molar-refractivity contribution in [1.29, 1.82) is 0 Å². The number of nitrogens with zero attached hydrogens (tertiary/aromatic N) is 3. The molecular formula is C26H21Cl3N4O3. The van der Waals surface area contributed by atoms with Gasteiger partial charge in [-0.3, -0.25) is 14.2 Å². The molecule has 0 atom stereocenters. The number of aromatic nitrogens is 2. The zero-order valence-corrected chi connectivity index (χ0v) is 22.1. The van der Waals surface area contributed by atoms with Crippen LogP contribution >= 0.6 is 34.8 Å². The van der Waals surface area contributed by atoms with Gasteiger partial charge < -0.3 is 10.2 Å². The summed E-state index contributed by atoms with van der Waals surface area (Å²) in [6.45, 7) is 1.28. The smallest absolute Gasteiger partial charge is 0.321 e. The number of fused-ring (bicyclic) bond motifs is 1. The van der Waals surface area contributed by atoms with Crippen molar-refractivity contribution in [3.05, 3.63) is 79.5 Å². The van der Waals surface area contributed by atoms with Crippen LogP contribution in [-0.4, -0.2) is 40.4 Å². The van der Waals surface area contributed by atoms with Crippen molar-refractivity contribution in [2.75, 3.05) is 19.4 Å². The number of pyridine rings is 2. The maximum Gasteiger partial charge on any atom is 0.321 e. The van der Waals surface area contributed by atoms with E-state index in [0.717, 1.165) is 5.56 Å². The first-order valence-corrected chi connectivity index (χ1v) is 11.9. The van der Waals surface area contributed by atoms with Crippen molar-refractivity contribution >= 4 is 63.3 Å². The number of carbonyl (C=O) groups is 2. The van der Waals surface area contributed by atoms with Crippen molar-refractivity contribution in [3.8, 4) is 22.4 Å². The van der Waals surface area contributed by atoms with Crippen molar-refractivity contribution in [1.82, 2.24) is 14.5 Å². The van der Waals surface area contributed by atoms with E-state index in [1.54, 1.807) is 50.5 Å². The molecule has 0 radical (unpaired) electrons. The first-order chi connectivity index (χ1) is 17.0. The highest BCUT2D eigenvalue weighted by Gasteiger charge is 2.24. The van der Waals surface area contributed by atoms with Gasteiger partial charge in [0.15, 0.2) is 5.78 Å². The minimum absolute atomic E-state index is 0.0933. The van der Waals surface area contributed by atoms with Crippen molar-refractivity contribution in [2.24, 2.45) is 7.05 Å². The van der Waals surface area contributed by atoms with Gasteiger partial charge in [-0.25, -0.2) is 9.78 Å². The van der Waals surface area contributed by atoms with E-state index in [-0.39, 0.29) is 16.9 Å². The van der Waals surface area contributed by atoms with Gasteiger partial charge in [0, 0.05) is 47.7 Å². The van der Waals surface area contributed by atoms with E-state index >= 15 is 0 Å². The minimum atomic E-state index is -0.580. The summed E-state index contributed by atoms with van der Waals surface area (Å²) in [6.07, 6.45) is 0. The average molecular weight is 544 g/mol. The van der Waals surface area contributed by atoms with Gasteiger partial charge in [-0.1, -0.05) is 46.9 Å². The summed E-state index contributed by atoms with van der Waals surface area (Å²) in [5.41, 5.74) is 2.13. The molecule has 2 amide bonds. The van der Waals surface area contributed by atoms with Gasteiger partial charge in [0.25, 0.3) is 5.56 Å². The molecule has 10 heteroatoms. The molecule has 0 aliphatic rings. The van der Waals surface area contributed by atoms with Crippen molar-refractivity contribution in [3.63, 3.8) is 0 Å². The number of carbonyl (C=O) groups excluding carboxylic acids is 2. The third kappa shape index (κ3) is 4.69. The van der Waals surface area contributed by atoms with Gasteiger partial charge in [0.1, 0.15) is 11.2 Å². The van der Waals surface area contributed by atoms with Crippen LogP contribution in [0.3, 0.4) is 0 Å². The molecule has 4 aromatic rings. The van der Waals surface area contributed by atoms with Gasteiger partial charge in [-0.15, -0.1) is 0 Å². The van der Waals surface area contributed by atoms with E-state index in [0.29, 0.717) is 37.3 Å². The molecule has 0 aliphatic carbocycles. The molecule has 7 nitrogen and oxygen atoms in total. The molecule has 0 saturated heterocycles. The lowest BCUT2D eigenvalue weighted by molar-refractivity contribution is 0.101. The zero-order chi connectivity index (χ0) is 26.3. The van der Waals surface area contributed by atoms with Crippen LogP contribution in [0.4, 0.5) is 10.5 Å². The number of amides is 2. The van der Waals surface area contributed by atoms with Gasteiger partial charge >= 0.3 is 6.03 Å². The fraction of sp³-hybridized carbons (Fsp3) is 0.154. The Balaban J connectivity index is 2.18. The number of hydrogen-bond donors (Lipinski definition) is 1. The molecule has 4 rings (SSSR count). The maximum absolute atomic E-state index is 13.2. The van der Waals surface area contributed by atoms with Crippen LogP contribution < -0.4 is 10.9 Å². The number of nitrogens with one attached hydrogen (secondary N) is 1. The number of halogens is 3. The predicted octanol–water partition coefficient (Wildman–Crippen LogP) is 6.52. The Hall–Kier alpha value is -3.39. The van der Waals surface area contributed by atoms with Crippen LogP contribution in [0.2, 0.25) is 15.1 Å². The van der Waals surface area contributed by atoms with Gasteiger partial charge in [-0.05, 0) is 48.9 Å². The second-order valence-corrected chi connectivity index (χ2v) is 9.66. The summed E-state index contributed by atoms with van der Waals surface area (Å²) >= 11 is 18.8. The van der Waals surface area contributed by atoms with Crippen LogP contribution in [0.5, 0.6) is 0 Å². The first-order valence-electron chi connectivity index (χ1n) is 10.8. The predicted molar refractivity (Wildman–Crippen MR) is 146 cm³/mol. The molecule has 2 heterocycles. The Labute approximate surface area is 222 Å². The number of hydrogen-bond acceptors (Lipinski definition) is 4. The lowest BCUT2D eigenvalue weighted by Crippen LogP contribution is -2.32. The Morgan fingerprint density at radius 1 is 0.944 bits per heavy atom. The fourth-order valence-corrected chi connectivity index (χ4v) is 4.48.